The van der Waals surface area contributed by atoms with Crippen LogP contribution >= 0.6 is 15.9 Å². The van der Waals surface area contributed by atoms with Gasteiger partial charge in [0.15, 0.2) is 0 Å². The number of aromatic nitrogens is 1. The predicted molar refractivity (Wildman–Crippen MR) is 87.7 cm³/mol. The summed E-state index contributed by atoms with van der Waals surface area (Å²) in [6.45, 7) is 0. The molecule has 0 unspecified atom stereocenters. The third-order valence-electron chi connectivity index (χ3n) is 3.26. The summed E-state index contributed by atoms with van der Waals surface area (Å²) in [5.41, 5.74) is 5.91. The lowest BCUT2D eigenvalue weighted by Crippen LogP contribution is -1.84. The minimum atomic E-state index is 0.882. The van der Waals surface area contributed by atoms with Gasteiger partial charge in [0.25, 0.3) is 0 Å². The van der Waals surface area contributed by atoms with Gasteiger partial charge in [-0.25, -0.2) is 0 Å². The van der Waals surface area contributed by atoms with Crippen LogP contribution in [0.5, 0.6) is 0 Å². The molecule has 1 aromatic heterocycles. The quantitative estimate of drug-likeness (QED) is 0.595. The molecule has 1 nitrogen and oxygen atoms in total. The van der Waals surface area contributed by atoms with E-state index in [1.807, 2.05) is 24.4 Å². The van der Waals surface area contributed by atoms with Crippen molar-refractivity contribution in [1.29, 1.82) is 0 Å². The average Bonchev–Trinajstić information content (AvgIpc) is 2.56. The molecule has 3 rings (SSSR count). The normalized spacial score (nSPS) is 10.4. The van der Waals surface area contributed by atoms with Crippen LogP contribution < -0.4 is 0 Å². The zero-order valence-corrected chi connectivity index (χ0v) is 12.5. The molecule has 2 aromatic carbocycles. The van der Waals surface area contributed by atoms with Gasteiger partial charge in [-0.1, -0.05) is 70.5 Å². The molecule has 0 bridgehead atoms. The van der Waals surface area contributed by atoms with E-state index < -0.39 is 0 Å². The van der Waals surface area contributed by atoms with Crippen molar-refractivity contribution < 1.29 is 0 Å². The molecule has 0 spiro atoms. The monoisotopic (exact) mass is 323 g/mol. The molecule has 0 N–H and O–H groups in total. The van der Waals surface area contributed by atoms with Gasteiger partial charge in [-0.2, -0.15) is 0 Å². The number of pyridine rings is 1. The van der Waals surface area contributed by atoms with Gasteiger partial charge in [0.2, 0.25) is 0 Å². The van der Waals surface area contributed by atoms with Crippen LogP contribution in [0.1, 0.15) is 5.56 Å². The molecule has 0 fully saturated rings. The van der Waals surface area contributed by atoms with Gasteiger partial charge in [-0.05, 0) is 28.8 Å². The molecule has 1 heterocycles. The average molecular weight is 324 g/mol. The fourth-order valence-electron chi connectivity index (χ4n) is 2.20. The Morgan fingerprint density at radius 2 is 1.55 bits per heavy atom. The van der Waals surface area contributed by atoms with Crippen LogP contribution in [0.25, 0.3) is 22.4 Å². The lowest BCUT2D eigenvalue weighted by molar-refractivity contribution is 1.33. The van der Waals surface area contributed by atoms with E-state index >= 15 is 0 Å². The third-order valence-corrected chi connectivity index (χ3v) is 3.91. The number of nitrogens with zero attached hydrogens (tertiary/aromatic N) is 1. The van der Waals surface area contributed by atoms with Crippen molar-refractivity contribution >= 4 is 15.9 Å². The molecule has 98 valence electrons. The van der Waals surface area contributed by atoms with E-state index in [1.54, 1.807) is 0 Å². The van der Waals surface area contributed by atoms with Crippen LogP contribution in [-0.4, -0.2) is 4.98 Å². The second-order valence-corrected chi connectivity index (χ2v) is 5.19. The number of rotatable bonds is 3. The Kier molecular flexibility index (Phi) is 3.93. The van der Waals surface area contributed by atoms with E-state index in [0.29, 0.717) is 0 Å². The van der Waals surface area contributed by atoms with Gasteiger partial charge >= 0.3 is 0 Å². The van der Waals surface area contributed by atoms with Gasteiger partial charge in [-0.3, -0.25) is 4.98 Å². The lowest BCUT2D eigenvalue weighted by Gasteiger charge is -2.05. The van der Waals surface area contributed by atoms with E-state index in [1.165, 1.54) is 16.7 Å². The van der Waals surface area contributed by atoms with Crippen LogP contribution in [0.2, 0.25) is 0 Å². The maximum absolute atomic E-state index is 4.37. The molecular weight excluding hydrogens is 310 g/mol. The Labute approximate surface area is 127 Å². The molecule has 3 aromatic rings. The van der Waals surface area contributed by atoms with Gasteiger partial charge in [0, 0.05) is 17.1 Å². The second-order valence-electron chi connectivity index (χ2n) is 4.63. The zero-order chi connectivity index (χ0) is 13.8. The molecule has 0 saturated heterocycles. The molecule has 0 saturated carbocycles. The smallest absolute Gasteiger partial charge is 0.0701 e. The van der Waals surface area contributed by atoms with Crippen molar-refractivity contribution in [2.75, 3.05) is 0 Å². The molecule has 0 aliphatic rings. The maximum Gasteiger partial charge on any atom is 0.0701 e. The zero-order valence-electron chi connectivity index (χ0n) is 11.0. The second kappa shape index (κ2) is 6.02. The first-order valence-electron chi connectivity index (χ1n) is 6.53. The fraction of sp³-hybridized carbons (Fsp3) is 0.0556. The largest absolute Gasteiger partial charge is 0.256 e. The van der Waals surface area contributed by atoms with Gasteiger partial charge < -0.3 is 0 Å². The Hall–Kier alpha value is -1.93. The Morgan fingerprint density at radius 1 is 0.750 bits per heavy atom. The van der Waals surface area contributed by atoms with Gasteiger partial charge in [0.05, 0.1) is 5.69 Å². The fourth-order valence-corrected chi connectivity index (χ4v) is 2.55. The summed E-state index contributed by atoms with van der Waals surface area (Å²) in [6, 6.07) is 23.1. The van der Waals surface area contributed by atoms with Crippen molar-refractivity contribution in [2.45, 2.75) is 5.33 Å². The summed E-state index contributed by atoms with van der Waals surface area (Å²) < 4.78 is 0. The molecule has 0 atom stereocenters. The van der Waals surface area contributed by atoms with Crippen molar-refractivity contribution in [1.82, 2.24) is 4.98 Å². The van der Waals surface area contributed by atoms with Crippen LogP contribution in [0.15, 0.2) is 72.9 Å². The Balaban J connectivity index is 1.93. The van der Waals surface area contributed by atoms with E-state index in [-0.39, 0.29) is 0 Å². The van der Waals surface area contributed by atoms with Crippen molar-refractivity contribution in [3.8, 4) is 22.4 Å². The molecule has 0 aliphatic carbocycles. The number of hydrogen-bond donors (Lipinski definition) is 0. The summed E-state index contributed by atoms with van der Waals surface area (Å²) in [7, 11) is 0. The minimum absolute atomic E-state index is 0.882. The lowest BCUT2D eigenvalue weighted by atomic mass is 10.0. The van der Waals surface area contributed by atoms with Gasteiger partial charge in [-0.15, -0.1) is 0 Å². The molecule has 0 amide bonds. The molecular formula is C18H14BrN. The summed E-state index contributed by atoms with van der Waals surface area (Å²) >= 11 is 3.50. The SMILES string of the molecule is BrCc1cccc(-c2ccc(-c3ccccn3)cc2)c1. The summed E-state index contributed by atoms with van der Waals surface area (Å²) in [6.07, 6.45) is 1.82. The first-order chi connectivity index (χ1) is 9.86. The summed E-state index contributed by atoms with van der Waals surface area (Å²) in [4.78, 5) is 4.37. The van der Waals surface area contributed by atoms with E-state index in [4.69, 9.17) is 0 Å². The Bertz CT molecular complexity index is 690. The number of hydrogen-bond acceptors (Lipinski definition) is 1. The van der Waals surface area contributed by atoms with E-state index in [2.05, 4.69) is 69.4 Å². The van der Waals surface area contributed by atoms with Gasteiger partial charge in [0.1, 0.15) is 0 Å². The van der Waals surface area contributed by atoms with Crippen molar-refractivity contribution in [3.05, 3.63) is 78.5 Å². The van der Waals surface area contributed by atoms with E-state index in [0.717, 1.165) is 16.6 Å². The van der Waals surface area contributed by atoms with Crippen LogP contribution in [-0.2, 0) is 5.33 Å². The molecule has 0 radical (unpaired) electrons. The van der Waals surface area contributed by atoms with Crippen LogP contribution in [0.3, 0.4) is 0 Å². The number of halogens is 1. The van der Waals surface area contributed by atoms with Crippen LogP contribution in [0.4, 0.5) is 0 Å². The standard InChI is InChI=1S/C18H14BrN/c19-13-14-4-3-5-17(12-14)15-7-9-16(10-8-15)18-6-1-2-11-20-18/h1-12H,13H2. The predicted octanol–water partition coefficient (Wildman–Crippen LogP) is 5.31. The first-order valence-corrected chi connectivity index (χ1v) is 7.66. The first kappa shape index (κ1) is 13.1. The highest BCUT2D eigenvalue weighted by Crippen LogP contribution is 2.24. The highest BCUT2D eigenvalue weighted by atomic mass is 79.9. The topological polar surface area (TPSA) is 12.9 Å². The minimum Gasteiger partial charge on any atom is -0.256 e. The molecule has 20 heavy (non-hydrogen) atoms. The van der Waals surface area contributed by atoms with Crippen LogP contribution in [0, 0.1) is 0 Å². The third kappa shape index (κ3) is 2.81. The molecule has 2 heteroatoms. The maximum atomic E-state index is 4.37. The van der Waals surface area contributed by atoms with Crippen molar-refractivity contribution in [2.24, 2.45) is 0 Å². The number of alkyl halides is 1. The number of benzene rings is 2. The summed E-state index contributed by atoms with van der Waals surface area (Å²) in [5.74, 6) is 0. The Morgan fingerprint density at radius 3 is 2.25 bits per heavy atom. The highest BCUT2D eigenvalue weighted by Gasteiger charge is 2.01. The summed E-state index contributed by atoms with van der Waals surface area (Å²) in [5, 5.41) is 0.882. The van der Waals surface area contributed by atoms with Crippen molar-refractivity contribution in [3.63, 3.8) is 0 Å². The highest BCUT2D eigenvalue weighted by molar-refractivity contribution is 9.08. The molecule has 0 aliphatic heterocycles. The van der Waals surface area contributed by atoms with E-state index in [9.17, 15) is 0 Å².